The van der Waals surface area contributed by atoms with Crippen LogP contribution in [0.1, 0.15) is 0 Å². The maximum absolute atomic E-state index is 2.96. The van der Waals surface area contributed by atoms with Crippen molar-refractivity contribution < 1.29 is 0 Å². The van der Waals surface area contributed by atoms with E-state index >= 15 is 0 Å². The highest BCUT2D eigenvalue weighted by Gasteiger charge is 1.73. The molecule has 0 amide bonds. The zero-order chi connectivity index (χ0) is 3.54. The molecule has 0 saturated heterocycles. The molecular formula is C4H3P. The Bertz CT molecular complexity index is 61.7. The van der Waals surface area contributed by atoms with Crippen molar-refractivity contribution in [2.45, 2.75) is 0 Å². The summed E-state index contributed by atoms with van der Waals surface area (Å²) in [5, 5.41) is 0. The molecule has 0 N–H and O–H groups in total. The van der Waals surface area contributed by atoms with E-state index in [-0.39, 0.29) is 0 Å². The van der Waals surface area contributed by atoms with E-state index in [1.54, 1.807) is 0 Å². The monoisotopic (exact) mass is 82.0 g/mol. The van der Waals surface area contributed by atoms with Gasteiger partial charge in [0.25, 0.3) is 0 Å². The SMILES string of the molecule is [C+]1=CC=[C-]P1. The van der Waals surface area contributed by atoms with Crippen LogP contribution in [0.15, 0.2) is 12.2 Å². The molecule has 1 aliphatic heterocycles. The normalized spacial score (nSPS) is 20.8. The lowest BCUT2D eigenvalue weighted by atomic mass is 10.6. The van der Waals surface area contributed by atoms with Crippen LogP contribution >= 0.6 is 8.58 Å². The first kappa shape index (κ1) is 3.03. The molecule has 1 heterocycles. The first-order valence-corrected chi connectivity index (χ1v) is 2.41. The molecule has 0 aromatic rings. The number of rotatable bonds is 0. The Morgan fingerprint density at radius 3 is 3.00 bits per heavy atom. The van der Waals surface area contributed by atoms with Crippen LogP contribution in [0.3, 0.4) is 0 Å². The minimum absolute atomic E-state index is 0.698. The minimum atomic E-state index is 0.698. The van der Waals surface area contributed by atoms with E-state index in [0.717, 1.165) is 0 Å². The highest BCUT2D eigenvalue weighted by Crippen LogP contribution is 2.15. The Morgan fingerprint density at radius 1 is 1.80 bits per heavy atom. The van der Waals surface area contributed by atoms with E-state index in [4.69, 9.17) is 0 Å². The van der Waals surface area contributed by atoms with E-state index in [9.17, 15) is 0 Å². The molecule has 0 atom stereocenters. The van der Waals surface area contributed by atoms with Crippen molar-refractivity contribution in [2.24, 2.45) is 0 Å². The number of allylic oxidation sites excluding steroid dienone is 2. The Hall–Kier alpha value is -0.180. The average molecular weight is 82.0 g/mol. The second-order valence-corrected chi connectivity index (χ2v) is 1.57. The van der Waals surface area contributed by atoms with Crippen molar-refractivity contribution in [1.82, 2.24) is 0 Å². The van der Waals surface area contributed by atoms with Gasteiger partial charge in [-0.15, -0.1) is 5.82 Å². The summed E-state index contributed by atoms with van der Waals surface area (Å²) in [6, 6.07) is 0. The van der Waals surface area contributed by atoms with E-state index in [1.165, 1.54) is 0 Å². The molecule has 0 bridgehead atoms. The summed E-state index contributed by atoms with van der Waals surface area (Å²) < 4.78 is 0. The van der Waals surface area contributed by atoms with Gasteiger partial charge in [0.1, 0.15) is 0 Å². The summed E-state index contributed by atoms with van der Waals surface area (Å²) in [5.41, 5.74) is 0. The summed E-state index contributed by atoms with van der Waals surface area (Å²) in [7, 11) is 0.698. The number of hydrogen-bond acceptors (Lipinski definition) is 0. The predicted octanol–water partition coefficient (Wildman–Crippen LogP) is 1.31. The van der Waals surface area contributed by atoms with E-state index in [1.807, 2.05) is 12.2 Å². The molecular weight excluding hydrogens is 79.0 g/mol. The zero-order valence-corrected chi connectivity index (χ0v) is 3.65. The predicted molar refractivity (Wildman–Crippen MR) is 23.9 cm³/mol. The first-order chi connectivity index (χ1) is 2.50. The van der Waals surface area contributed by atoms with Crippen LogP contribution in [0.4, 0.5) is 0 Å². The molecule has 1 rings (SSSR count). The van der Waals surface area contributed by atoms with Crippen molar-refractivity contribution in [1.29, 1.82) is 0 Å². The maximum atomic E-state index is 2.96. The summed E-state index contributed by atoms with van der Waals surface area (Å²) in [5.74, 6) is 5.92. The van der Waals surface area contributed by atoms with Gasteiger partial charge in [-0.3, -0.25) is 0 Å². The van der Waals surface area contributed by atoms with E-state index < -0.39 is 0 Å². The van der Waals surface area contributed by atoms with Crippen LogP contribution < -0.4 is 0 Å². The van der Waals surface area contributed by atoms with Crippen molar-refractivity contribution in [3.05, 3.63) is 23.8 Å². The molecule has 0 aromatic heterocycles. The van der Waals surface area contributed by atoms with Gasteiger partial charge in [0.05, 0.1) is 0 Å². The molecule has 0 unspecified atom stereocenters. The quantitative estimate of drug-likeness (QED) is 0.305. The summed E-state index contributed by atoms with van der Waals surface area (Å²) in [6.07, 6.45) is 3.77. The van der Waals surface area contributed by atoms with Gasteiger partial charge >= 0.3 is 0 Å². The third kappa shape index (κ3) is 0.545. The molecule has 0 saturated carbocycles. The van der Waals surface area contributed by atoms with Crippen LogP contribution in [-0.2, 0) is 0 Å². The van der Waals surface area contributed by atoms with E-state index in [2.05, 4.69) is 11.6 Å². The van der Waals surface area contributed by atoms with Crippen molar-refractivity contribution in [3.63, 3.8) is 0 Å². The van der Waals surface area contributed by atoms with Crippen LogP contribution in [0.5, 0.6) is 0 Å². The van der Waals surface area contributed by atoms with Gasteiger partial charge < -0.3 is 0 Å². The molecule has 0 nitrogen and oxygen atoms in total. The Morgan fingerprint density at radius 2 is 2.80 bits per heavy atom. The molecule has 5 heavy (non-hydrogen) atoms. The van der Waals surface area contributed by atoms with Crippen molar-refractivity contribution in [3.8, 4) is 0 Å². The Kier molecular flexibility index (Phi) is 0.792. The molecule has 0 aliphatic carbocycles. The van der Waals surface area contributed by atoms with Crippen molar-refractivity contribution in [2.75, 3.05) is 0 Å². The van der Waals surface area contributed by atoms with Gasteiger partial charge in [-0.25, -0.2) is 0 Å². The fraction of sp³-hybridized carbons (Fsp3) is 0. The fourth-order valence-corrected chi connectivity index (χ4v) is 0.625. The Balaban J connectivity index is 2.61. The lowest BCUT2D eigenvalue weighted by Gasteiger charge is -1.56. The van der Waals surface area contributed by atoms with Gasteiger partial charge in [0.15, 0.2) is 0 Å². The molecule has 0 spiro atoms. The van der Waals surface area contributed by atoms with Gasteiger partial charge in [0, 0.05) is 6.08 Å². The summed E-state index contributed by atoms with van der Waals surface area (Å²) in [4.78, 5) is 0. The van der Waals surface area contributed by atoms with Crippen molar-refractivity contribution >= 4 is 8.58 Å². The second kappa shape index (κ2) is 1.31. The van der Waals surface area contributed by atoms with Crippen LogP contribution in [0, 0.1) is 11.6 Å². The highest BCUT2D eigenvalue weighted by molar-refractivity contribution is 7.42. The van der Waals surface area contributed by atoms with Gasteiger partial charge in [-0.2, -0.15) is 0 Å². The smallest absolute Gasteiger partial charge is 0.0119 e. The van der Waals surface area contributed by atoms with Gasteiger partial charge in [-0.1, -0.05) is 6.08 Å². The topological polar surface area (TPSA) is 0 Å². The minimum Gasteiger partial charge on any atom is -0.110 e. The molecule has 1 heteroatoms. The Labute approximate surface area is 33.4 Å². The second-order valence-electron chi connectivity index (χ2n) is 0.747. The summed E-state index contributed by atoms with van der Waals surface area (Å²) in [6.45, 7) is 0. The summed E-state index contributed by atoms with van der Waals surface area (Å²) >= 11 is 0. The lowest BCUT2D eigenvalue weighted by Crippen LogP contribution is -1.23. The van der Waals surface area contributed by atoms with Gasteiger partial charge in [-0.05, 0) is 14.4 Å². The van der Waals surface area contributed by atoms with Crippen LogP contribution in [0.2, 0.25) is 0 Å². The standard InChI is InChI=1S/C4H3P/c1-2-4-5-3-1/h1-2,5H. The molecule has 0 aromatic carbocycles. The van der Waals surface area contributed by atoms with E-state index in [0.29, 0.717) is 8.58 Å². The zero-order valence-electron chi connectivity index (χ0n) is 2.65. The largest absolute Gasteiger partial charge is 0.110 e. The number of hydrogen-bond donors (Lipinski definition) is 0. The molecule has 24 valence electrons. The fourth-order valence-electron chi connectivity index (χ4n) is 0.208. The third-order valence-electron chi connectivity index (χ3n) is 0.394. The molecule has 0 fully saturated rings. The highest BCUT2D eigenvalue weighted by atomic mass is 31.1. The third-order valence-corrected chi connectivity index (χ3v) is 1.02. The molecule has 1 aliphatic rings. The van der Waals surface area contributed by atoms with Crippen LogP contribution in [-0.4, -0.2) is 0 Å². The first-order valence-electron chi connectivity index (χ1n) is 1.41. The molecule has 0 radical (unpaired) electrons. The average Bonchev–Trinajstić information content (AvgIpc) is 1.76. The lowest BCUT2D eigenvalue weighted by molar-refractivity contribution is 2.08. The van der Waals surface area contributed by atoms with Crippen LogP contribution in [0.25, 0.3) is 0 Å². The van der Waals surface area contributed by atoms with Gasteiger partial charge in [0.2, 0.25) is 0 Å². The maximum Gasteiger partial charge on any atom is 0.0119 e.